The van der Waals surface area contributed by atoms with Gasteiger partial charge in [0, 0.05) is 0 Å². The van der Waals surface area contributed by atoms with E-state index >= 15 is 0 Å². The summed E-state index contributed by atoms with van der Waals surface area (Å²) >= 11 is 4.37. The molecule has 1 aliphatic carbocycles. The van der Waals surface area contributed by atoms with Crippen molar-refractivity contribution in [1.29, 1.82) is 0 Å². The Kier molecular flexibility index (Phi) is 4.98. The topological polar surface area (TPSA) is 26.0 Å². The monoisotopic (exact) mass is 229 g/mol. The molecule has 0 aromatic rings. The van der Waals surface area contributed by atoms with Crippen LogP contribution in [0.5, 0.6) is 0 Å². The van der Waals surface area contributed by atoms with Crippen LogP contribution in [0.3, 0.4) is 0 Å². The summed E-state index contributed by atoms with van der Waals surface area (Å²) in [5.41, 5.74) is 6.41. The predicted molar refractivity (Wildman–Crippen MR) is 71.1 cm³/mol. The standard InChI is InChI=1S/C13H27NS/c1-4-13(3,5-2)11-8-6-10(7-9-11)12(14)15/h10-12,15H,4-9,14H2,1-3H3. The molecule has 0 aliphatic heterocycles. The third-order valence-corrected chi connectivity index (χ3v) is 5.28. The van der Waals surface area contributed by atoms with Crippen LogP contribution >= 0.6 is 12.6 Å². The SMILES string of the molecule is CCC(C)(CC)C1CCC(C(N)S)CC1. The lowest BCUT2D eigenvalue weighted by molar-refractivity contribution is 0.105. The van der Waals surface area contributed by atoms with Crippen molar-refractivity contribution >= 4 is 12.6 Å². The maximum absolute atomic E-state index is 5.85. The lowest BCUT2D eigenvalue weighted by Gasteiger charge is -2.41. The van der Waals surface area contributed by atoms with Crippen LogP contribution in [0.15, 0.2) is 0 Å². The maximum Gasteiger partial charge on any atom is 0.0505 e. The minimum Gasteiger partial charge on any atom is -0.319 e. The molecule has 0 spiro atoms. The minimum atomic E-state index is 0.0976. The van der Waals surface area contributed by atoms with Gasteiger partial charge in [-0.15, -0.1) is 0 Å². The molecule has 1 saturated carbocycles. The lowest BCUT2D eigenvalue weighted by atomic mass is 9.65. The van der Waals surface area contributed by atoms with E-state index in [1.54, 1.807) is 0 Å². The molecule has 1 aliphatic rings. The highest BCUT2D eigenvalue weighted by Crippen LogP contribution is 2.45. The highest BCUT2D eigenvalue weighted by atomic mass is 32.1. The Morgan fingerprint density at radius 2 is 1.67 bits per heavy atom. The molecule has 1 unspecified atom stereocenters. The van der Waals surface area contributed by atoms with Gasteiger partial charge in [0.25, 0.3) is 0 Å². The summed E-state index contributed by atoms with van der Waals surface area (Å²) < 4.78 is 0. The van der Waals surface area contributed by atoms with Crippen molar-refractivity contribution in [1.82, 2.24) is 0 Å². The molecule has 0 radical (unpaired) electrons. The Morgan fingerprint density at radius 1 is 1.20 bits per heavy atom. The molecule has 1 nitrogen and oxygen atoms in total. The van der Waals surface area contributed by atoms with Crippen LogP contribution in [0.2, 0.25) is 0 Å². The number of thiol groups is 1. The second kappa shape index (κ2) is 5.58. The summed E-state index contributed by atoms with van der Waals surface area (Å²) in [6.07, 6.45) is 7.90. The second-order valence-corrected chi connectivity index (χ2v) is 6.06. The molecule has 0 bridgehead atoms. The van der Waals surface area contributed by atoms with E-state index in [4.69, 9.17) is 5.73 Å². The predicted octanol–water partition coefficient (Wildman–Crippen LogP) is 3.83. The molecule has 1 atom stereocenters. The molecule has 15 heavy (non-hydrogen) atoms. The van der Waals surface area contributed by atoms with Crippen LogP contribution in [0.25, 0.3) is 0 Å². The Balaban J connectivity index is 2.49. The molecular weight excluding hydrogens is 202 g/mol. The lowest BCUT2D eigenvalue weighted by Crippen LogP contribution is -2.34. The van der Waals surface area contributed by atoms with Gasteiger partial charge < -0.3 is 5.73 Å². The van der Waals surface area contributed by atoms with Crippen molar-refractivity contribution in [2.24, 2.45) is 23.0 Å². The zero-order valence-electron chi connectivity index (χ0n) is 10.5. The van der Waals surface area contributed by atoms with E-state index < -0.39 is 0 Å². The van der Waals surface area contributed by atoms with Crippen LogP contribution < -0.4 is 5.73 Å². The van der Waals surface area contributed by atoms with Gasteiger partial charge >= 0.3 is 0 Å². The molecule has 90 valence electrons. The van der Waals surface area contributed by atoms with E-state index in [1.807, 2.05) is 0 Å². The van der Waals surface area contributed by atoms with Crippen LogP contribution in [0.1, 0.15) is 59.3 Å². The van der Waals surface area contributed by atoms with Crippen LogP contribution in [-0.4, -0.2) is 5.37 Å². The normalized spacial score (nSPS) is 30.2. The molecule has 0 amide bonds. The minimum absolute atomic E-state index is 0.0976. The van der Waals surface area contributed by atoms with Crippen molar-refractivity contribution in [3.05, 3.63) is 0 Å². The van der Waals surface area contributed by atoms with Gasteiger partial charge in [-0.3, -0.25) is 0 Å². The Morgan fingerprint density at radius 3 is 2.00 bits per heavy atom. The third-order valence-electron chi connectivity index (χ3n) is 4.86. The fourth-order valence-electron chi connectivity index (χ4n) is 2.98. The van der Waals surface area contributed by atoms with Crippen LogP contribution in [0, 0.1) is 17.3 Å². The van der Waals surface area contributed by atoms with Gasteiger partial charge in [-0.2, -0.15) is 12.6 Å². The molecule has 0 heterocycles. The maximum atomic E-state index is 5.85. The van der Waals surface area contributed by atoms with Crippen LogP contribution in [0.4, 0.5) is 0 Å². The number of hydrogen-bond acceptors (Lipinski definition) is 2. The van der Waals surface area contributed by atoms with E-state index in [0.29, 0.717) is 11.3 Å². The molecule has 0 aromatic carbocycles. The molecule has 0 saturated heterocycles. The number of nitrogens with two attached hydrogens (primary N) is 1. The largest absolute Gasteiger partial charge is 0.319 e. The van der Waals surface area contributed by atoms with Gasteiger partial charge in [0.05, 0.1) is 5.37 Å². The van der Waals surface area contributed by atoms with E-state index in [9.17, 15) is 0 Å². The second-order valence-electron chi connectivity index (χ2n) is 5.46. The van der Waals surface area contributed by atoms with Crippen molar-refractivity contribution in [2.45, 2.75) is 64.7 Å². The summed E-state index contributed by atoms with van der Waals surface area (Å²) in [7, 11) is 0. The highest BCUT2D eigenvalue weighted by Gasteiger charge is 2.34. The summed E-state index contributed by atoms with van der Waals surface area (Å²) in [6, 6.07) is 0. The first-order valence-electron chi connectivity index (χ1n) is 6.47. The van der Waals surface area contributed by atoms with E-state index in [2.05, 4.69) is 33.4 Å². The highest BCUT2D eigenvalue weighted by molar-refractivity contribution is 7.80. The first-order valence-corrected chi connectivity index (χ1v) is 6.98. The van der Waals surface area contributed by atoms with Crippen molar-refractivity contribution in [3.63, 3.8) is 0 Å². The molecule has 1 rings (SSSR count). The van der Waals surface area contributed by atoms with Gasteiger partial charge in [-0.05, 0) is 42.9 Å². The third kappa shape index (κ3) is 3.13. The summed E-state index contributed by atoms with van der Waals surface area (Å²) in [4.78, 5) is 0. The van der Waals surface area contributed by atoms with Gasteiger partial charge in [0.15, 0.2) is 0 Å². The average Bonchev–Trinajstić information content (AvgIpc) is 2.28. The fourth-order valence-corrected chi connectivity index (χ4v) is 3.28. The molecule has 0 aromatic heterocycles. The van der Waals surface area contributed by atoms with Crippen molar-refractivity contribution in [2.75, 3.05) is 0 Å². The van der Waals surface area contributed by atoms with E-state index in [1.165, 1.54) is 38.5 Å². The first-order chi connectivity index (χ1) is 7.03. The molecular formula is C13H27NS. The number of rotatable bonds is 4. The summed E-state index contributed by atoms with van der Waals surface area (Å²) in [6.45, 7) is 7.12. The van der Waals surface area contributed by atoms with Crippen molar-refractivity contribution in [3.8, 4) is 0 Å². The Bertz CT molecular complexity index is 179. The zero-order chi connectivity index (χ0) is 11.5. The van der Waals surface area contributed by atoms with Gasteiger partial charge in [0.1, 0.15) is 0 Å². The zero-order valence-corrected chi connectivity index (χ0v) is 11.4. The quantitative estimate of drug-likeness (QED) is 0.556. The molecule has 1 fully saturated rings. The summed E-state index contributed by atoms with van der Waals surface area (Å²) in [5, 5.41) is 0.0976. The average molecular weight is 229 g/mol. The van der Waals surface area contributed by atoms with Gasteiger partial charge in [-0.25, -0.2) is 0 Å². The van der Waals surface area contributed by atoms with Crippen LogP contribution in [-0.2, 0) is 0 Å². The van der Waals surface area contributed by atoms with E-state index in [0.717, 1.165) is 5.92 Å². The van der Waals surface area contributed by atoms with Gasteiger partial charge in [-0.1, -0.05) is 33.6 Å². The molecule has 2 heteroatoms. The summed E-state index contributed by atoms with van der Waals surface area (Å²) in [5.74, 6) is 1.57. The van der Waals surface area contributed by atoms with E-state index in [-0.39, 0.29) is 5.37 Å². The number of hydrogen-bond donors (Lipinski definition) is 2. The Labute approximate surface area is 101 Å². The van der Waals surface area contributed by atoms with Crippen molar-refractivity contribution < 1.29 is 0 Å². The van der Waals surface area contributed by atoms with Gasteiger partial charge in [0.2, 0.25) is 0 Å². The Hall–Kier alpha value is 0.310. The first kappa shape index (κ1) is 13.4. The molecule has 2 N–H and O–H groups in total. The smallest absolute Gasteiger partial charge is 0.0505 e. The fraction of sp³-hybridized carbons (Fsp3) is 1.00.